The highest BCUT2D eigenvalue weighted by molar-refractivity contribution is 6.33. The first-order chi connectivity index (χ1) is 23.4. The topological polar surface area (TPSA) is 165 Å². The van der Waals surface area contributed by atoms with Crippen LogP contribution in [0.2, 0.25) is 5.02 Å². The van der Waals surface area contributed by atoms with Crippen molar-refractivity contribution < 1.29 is 28.5 Å². The monoisotopic (exact) mass is 684 g/mol. The van der Waals surface area contributed by atoms with E-state index in [9.17, 15) is 9.59 Å². The van der Waals surface area contributed by atoms with Gasteiger partial charge in [0.15, 0.2) is 5.82 Å². The number of nitrogens with one attached hydrogen (secondary N) is 3. The molecule has 1 saturated heterocycles. The summed E-state index contributed by atoms with van der Waals surface area (Å²) >= 11 is 6.31. The Morgan fingerprint density at radius 2 is 1.46 bits per heavy atom. The molecule has 0 atom stereocenters. The fraction of sp³-hybridized carbons (Fsp3) is 0.455. The Labute approximate surface area is 286 Å². The summed E-state index contributed by atoms with van der Waals surface area (Å²) in [5.74, 6) is 0.198. The lowest BCUT2D eigenvalue weighted by atomic mass is 10.1. The van der Waals surface area contributed by atoms with Gasteiger partial charge in [0.1, 0.15) is 5.02 Å². The molecule has 0 spiro atoms. The number of benzene rings is 2. The first-order valence-corrected chi connectivity index (χ1v) is 16.4. The fourth-order valence-corrected chi connectivity index (χ4v) is 4.94. The van der Waals surface area contributed by atoms with Crippen molar-refractivity contribution in [3.63, 3.8) is 0 Å². The second-order valence-electron chi connectivity index (χ2n) is 10.8. The molecule has 15 heteroatoms. The molecule has 1 fully saturated rings. The summed E-state index contributed by atoms with van der Waals surface area (Å²) in [4.78, 5) is 37.4. The Morgan fingerprint density at radius 3 is 2.10 bits per heavy atom. The number of nitrogens with two attached hydrogens (primary N) is 1. The number of anilines is 5. The molecule has 2 amide bonds. The Hall–Kier alpha value is -4.05. The molecule has 2 aromatic carbocycles. The molecule has 3 aromatic rings. The van der Waals surface area contributed by atoms with Gasteiger partial charge in [-0.05, 0) is 43.4 Å². The molecular formula is C33H45ClN8O6. The van der Waals surface area contributed by atoms with Crippen molar-refractivity contribution in [1.29, 1.82) is 0 Å². The van der Waals surface area contributed by atoms with Crippen LogP contribution in [-0.2, 0) is 23.7 Å². The molecule has 0 radical (unpaired) electrons. The average molecular weight is 685 g/mol. The van der Waals surface area contributed by atoms with Crippen molar-refractivity contribution >= 4 is 52.2 Å². The van der Waals surface area contributed by atoms with E-state index in [1.54, 1.807) is 24.3 Å². The number of likely N-dealkylation sites (N-methyl/N-ethyl adjacent to an activating group) is 1. The van der Waals surface area contributed by atoms with Crippen LogP contribution in [0.15, 0.2) is 54.7 Å². The van der Waals surface area contributed by atoms with E-state index in [1.165, 1.54) is 6.20 Å². The molecule has 0 aliphatic carbocycles. The maximum absolute atomic E-state index is 12.7. The van der Waals surface area contributed by atoms with Gasteiger partial charge in [0.25, 0.3) is 5.91 Å². The number of primary amides is 1. The minimum atomic E-state index is -0.561. The maximum atomic E-state index is 12.7. The Morgan fingerprint density at radius 1 is 0.833 bits per heavy atom. The number of aromatic nitrogens is 2. The third kappa shape index (κ3) is 12.2. The highest BCUT2D eigenvalue weighted by Gasteiger charge is 2.21. The van der Waals surface area contributed by atoms with Gasteiger partial charge in [-0.1, -0.05) is 23.7 Å². The van der Waals surface area contributed by atoms with E-state index in [0.717, 1.165) is 31.0 Å². The van der Waals surface area contributed by atoms with E-state index in [1.807, 2.05) is 36.2 Å². The number of ether oxygens (including phenoxy) is 4. The van der Waals surface area contributed by atoms with Gasteiger partial charge in [-0.15, -0.1) is 0 Å². The normalized spacial score (nSPS) is 13.0. The number of halogens is 1. The second-order valence-corrected chi connectivity index (χ2v) is 11.2. The van der Waals surface area contributed by atoms with Crippen LogP contribution < -0.4 is 26.6 Å². The number of carbonyl (C=O) groups excluding carboxylic acids is 2. The van der Waals surface area contributed by atoms with Crippen LogP contribution in [0, 0.1) is 0 Å². The van der Waals surface area contributed by atoms with Gasteiger partial charge in [0, 0.05) is 44.1 Å². The third-order valence-corrected chi connectivity index (χ3v) is 7.66. The minimum Gasteiger partial charge on any atom is -0.379 e. The standard InChI is InChI=1S/C33H45ClN8O6/c1-36-11-17-46-19-21-48-23-22-47-20-18-45-16-10-30(43)42-14-12-41(13-15-42)26-8-6-25(7-9-26)38-33-37-24-28(34)32(40-33)39-29-5-3-2-4-27(29)31(35)44/h2-9,24,36H,10-23H2,1H3,(H2,35,44)(H2,37,38,39,40). The Balaban J connectivity index is 1.11. The Kier molecular flexibility index (Phi) is 15.6. The van der Waals surface area contributed by atoms with E-state index in [4.69, 9.17) is 36.3 Å². The molecule has 1 aliphatic heterocycles. The van der Waals surface area contributed by atoms with Crippen LogP contribution in [0.5, 0.6) is 0 Å². The van der Waals surface area contributed by atoms with E-state index in [0.29, 0.717) is 100 Å². The van der Waals surface area contributed by atoms with Gasteiger partial charge in [0.05, 0.1) is 76.7 Å². The molecule has 4 rings (SSSR count). The molecule has 5 N–H and O–H groups in total. The summed E-state index contributed by atoms with van der Waals surface area (Å²) in [7, 11) is 1.89. The molecule has 0 bridgehead atoms. The van der Waals surface area contributed by atoms with Crippen molar-refractivity contribution in [2.45, 2.75) is 6.42 Å². The summed E-state index contributed by atoms with van der Waals surface area (Å²) in [6.45, 7) is 7.65. The summed E-state index contributed by atoms with van der Waals surface area (Å²) in [6.07, 6.45) is 1.82. The van der Waals surface area contributed by atoms with Crippen LogP contribution in [0.3, 0.4) is 0 Å². The zero-order chi connectivity index (χ0) is 34.0. The first kappa shape index (κ1) is 36.8. The van der Waals surface area contributed by atoms with Crippen LogP contribution in [0.4, 0.5) is 28.8 Å². The predicted molar refractivity (Wildman–Crippen MR) is 186 cm³/mol. The predicted octanol–water partition coefficient (Wildman–Crippen LogP) is 3.04. The van der Waals surface area contributed by atoms with Gasteiger partial charge in [-0.25, -0.2) is 4.98 Å². The second kappa shape index (κ2) is 20.3. The van der Waals surface area contributed by atoms with Crippen molar-refractivity contribution in [3.8, 4) is 0 Å². The number of hydrogen-bond donors (Lipinski definition) is 4. The van der Waals surface area contributed by atoms with E-state index >= 15 is 0 Å². The number of hydrogen-bond acceptors (Lipinski definition) is 12. The van der Waals surface area contributed by atoms with Gasteiger partial charge >= 0.3 is 0 Å². The van der Waals surface area contributed by atoms with Gasteiger partial charge < -0.3 is 50.4 Å². The smallest absolute Gasteiger partial charge is 0.250 e. The molecule has 1 aromatic heterocycles. The van der Waals surface area contributed by atoms with E-state index < -0.39 is 5.91 Å². The Bertz CT molecular complexity index is 1430. The minimum absolute atomic E-state index is 0.0930. The summed E-state index contributed by atoms with van der Waals surface area (Å²) in [5, 5.41) is 9.56. The number of rotatable bonds is 21. The summed E-state index contributed by atoms with van der Waals surface area (Å²) in [6, 6.07) is 14.8. The van der Waals surface area contributed by atoms with Crippen molar-refractivity contribution in [3.05, 3.63) is 65.3 Å². The first-order valence-electron chi connectivity index (χ1n) is 16.0. The molecule has 0 unspecified atom stereocenters. The average Bonchev–Trinajstić information content (AvgIpc) is 3.10. The molecule has 260 valence electrons. The SMILES string of the molecule is CNCCOCCOCCOCCOCCC(=O)N1CCN(c2ccc(Nc3ncc(Cl)c(Nc4ccccc4C(N)=O)n3)cc2)CC1. The fourth-order valence-electron chi connectivity index (χ4n) is 4.80. The number of para-hydroxylation sites is 1. The van der Waals surface area contributed by atoms with Crippen molar-refractivity contribution in [1.82, 2.24) is 20.2 Å². The summed E-state index contributed by atoms with van der Waals surface area (Å²) < 4.78 is 21.9. The van der Waals surface area contributed by atoms with Crippen molar-refractivity contribution in [2.75, 3.05) is 108 Å². The summed E-state index contributed by atoms with van der Waals surface area (Å²) in [5.41, 5.74) is 8.15. The molecule has 0 saturated carbocycles. The largest absolute Gasteiger partial charge is 0.379 e. The van der Waals surface area contributed by atoms with Crippen molar-refractivity contribution in [2.24, 2.45) is 5.73 Å². The van der Waals surface area contributed by atoms with Crippen LogP contribution in [-0.4, -0.2) is 119 Å². The quantitative estimate of drug-likeness (QED) is 0.121. The maximum Gasteiger partial charge on any atom is 0.250 e. The zero-order valence-electron chi connectivity index (χ0n) is 27.3. The van der Waals surface area contributed by atoms with E-state index in [2.05, 4.69) is 30.8 Å². The van der Waals surface area contributed by atoms with Gasteiger partial charge in [0.2, 0.25) is 11.9 Å². The molecular weight excluding hydrogens is 640 g/mol. The lowest BCUT2D eigenvalue weighted by Gasteiger charge is -2.36. The molecule has 14 nitrogen and oxygen atoms in total. The lowest BCUT2D eigenvalue weighted by molar-refractivity contribution is -0.132. The number of carbonyl (C=O) groups is 2. The van der Waals surface area contributed by atoms with Crippen LogP contribution in [0.25, 0.3) is 0 Å². The molecule has 48 heavy (non-hydrogen) atoms. The number of amides is 2. The highest BCUT2D eigenvalue weighted by Crippen LogP contribution is 2.27. The third-order valence-electron chi connectivity index (χ3n) is 7.38. The number of piperazine rings is 1. The molecule has 2 heterocycles. The highest BCUT2D eigenvalue weighted by atomic mass is 35.5. The zero-order valence-corrected chi connectivity index (χ0v) is 28.0. The lowest BCUT2D eigenvalue weighted by Crippen LogP contribution is -2.49. The van der Waals surface area contributed by atoms with Crippen LogP contribution in [0.1, 0.15) is 16.8 Å². The van der Waals surface area contributed by atoms with E-state index in [-0.39, 0.29) is 5.91 Å². The molecule has 1 aliphatic rings. The number of nitrogens with zero attached hydrogens (tertiary/aromatic N) is 4. The van der Waals surface area contributed by atoms with Gasteiger partial charge in [-0.3, -0.25) is 9.59 Å². The van der Waals surface area contributed by atoms with Gasteiger partial charge in [-0.2, -0.15) is 4.98 Å². The van der Waals surface area contributed by atoms with Crippen LogP contribution >= 0.6 is 11.6 Å².